The van der Waals surface area contributed by atoms with Crippen LogP contribution < -0.4 is 10.9 Å². The highest BCUT2D eigenvalue weighted by molar-refractivity contribution is 7.12. The van der Waals surface area contributed by atoms with E-state index in [2.05, 4.69) is 20.3 Å². The molecule has 0 unspecified atom stereocenters. The number of hydrogen-bond donors (Lipinski definition) is 2. The third-order valence-electron chi connectivity index (χ3n) is 3.42. The Morgan fingerprint density at radius 3 is 2.79 bits per heavy atom. The minimum atomic E-state index is -0.335. The number of carbonyl (C=O) groups is 1. The van der Waals surface area contributed by atoms with E-state index in [1.54, 1.807) is 11.3 Å². The van der Waals surface area contributed by atoms with Gasteiger partial charge in [-0.3, -0.25) is 9.59 Å². The highest BCUT2D eigenvalue weighted by Crippen LogP contribution is 2.27. The molecule has 0 aliphatic heterocycles. The number of benzene rings is 1. The Bertz CT molecular complexity index is 882. The lowest BCUT2D eigenvalue weighted by Crippen LogP contribution is -2.27. The quantitative estimate of drug-likeness (QED) is 0.745. The Balaban J connectivity index is 1.60. The van der Waals surface area contributed by atoms with Crippen LogP contribution in [0, 0.1) is 6.92 Å². The van der Waals surface area contributed by atoms with Crippen molar-refractivity contribution in [2.24, 2.45) is 0 Å². The summed E-state index contributed by atoms with van der Waals surface area (Å²) in [5.74, 6) is -0.317. The molecule has 2 aromatic heterocycles. The number of nitrogens with zero attached hydrogens (tertiary/aromatic N) is 2. The number of amides is 1. The van der Waals surface area contributed by atoms with Gasteiger partial charge in [-0.25, -0.2) is 9.97 Å². The number of H-pyrrole nitrogens is 1. The normalized spacial score (nSPS) is 10.5. The molecule has 0 saturated heterocycles. The monoisotopic (exact) mass is 340 g/mol. The van der Waals surface area contributed by atoms with Crippen LogP contribution in [0.5, 0.6) is 0 Å². The van der Waals surface area contributed by atoms with Crippen LogP contribution in [-0.2, 0) is 6.42 Å². The van der Waals surface area contributed by atoms with Gasteiger partial charge in [-0.1, -0.05) is 30.3 Å². The van der Waals surface area contributed by atoms with Gasteiger partial charge in [0.25, 0.3) is 11.5 Å². The first-order valence-corrected chi connectivity index (χ1v) is 8.30. The lowest BCUT2D eigenvalue weighted by Gasteiger charge is -2.02. The maximum atomic E-state index is 11.9. The Labute approximate surface area is 142 Å². The molecule has 0 aliphatic rings. The second-order valence-electron chi connectivity index (χ2n) is 5.18. The zero-order valence-electron chi connectivity index (χ0n) is 13.1. The van der Waals surface area contributed by atoms with Crippen molar-refractivity contribution in [1.29, 1.82) is 0 Å². The van der Waals surface area contributed by atoms with Crippen molar-refractivity contribution in [3.63, 3.8) is 0 Å². The molecule has 0 saturated carbocycles. The number of aryl methyl sites for hydroxylation is 1. The summed E-state index contributed by atoms with van der Waals surface area (Å²) in [4.78, 5) is 34.9. The van der Waals surface area contributed by atoms with E-state index in [1.807, 2.05) is 37.3 Å². The van der Waals surface area contributed by atoms with Crippen molar-refractivity contribution in [2.75, 3.05) is 6.54 Å². The van der Waals surface area contributed by atoms with Gasteiger partial charge >= 0.3 is 0 Å². The van der Waals surface area contributed by atoms with Gasteiger partial charge in [0.2, 0.25) is 0 Å². The average Bonchev–Trinajstić information content (AvgIpc) is 2.97. The SMILES string of the molecule is Cc1sc(CCNC(=O)c2c[nH]c(=O)cn2)nc1-c1ccccc1. The molecule has 0 fully saturated rings. The van der Waals surface area contributed by atoms with Gasteiger partial charge < -0.3 is 10.3 Å². The summed E-state index contributed by atoms with van der Waals surface area (Å²) in [6.07, 6.45) is 3.04. The van der Waals surface area contributed by atoms with Crippen molar-refractivity contribution >= 4 is 17.2 Å². The van der Waals surface area contributed by atoms with Crippen molar-refractivity contribution in [3.05, 3.63) is 68.7 Å². The predicted octanol–water partition coefficient (Wildman–Crippen LogP) is 2.17. The van der Waals surface area contributed by atoms with Crippen LogP contribution in [0.25, 0.3) is 11.3 Å². The number of rotatable bonds is 5. The molecular formula is C17H16N4O2S. The molecule has 122 valence electrons. The highest BCUT2D eigenvalue weighted by Gasteiger charge is 2.11. The smallest absolute Gasteiger partial charge is 0.271 e. The van der Waals surface area contributed by atoms with Crippen LogP contribution in [0.3, 0.4) is 0 Å². The van der Waals surface area contributed by atoms with E-state index < -0.39 is 0 Å². The second-order valence-corrected chi connectivity index (χ2v) is 6.47. The third-order valence-corrected chi connectivity index (χ3v) is 4.45. The Kier molecular flexibility index (Phi) is 4.81. The first-order valence-electron chi connectivity index (χ1n) is 7.48. The fourth-order valence-corrected chi connectivity index (χ4v) is 3.22. The van der Waals surface area contributed by atoms with Crippen LogP contribution in [0.2, 0.25) is 0 Å². The zero-order chi connectivity index (χ0) is 16.9. The number of aromatic amines is 1. The van der Waals surface area contributed by atoms with Crippen LogP contribution in [0.4, 0.5) is 0 Å². The zero-order valence-corrected chi connectivity index (χ0v) is 13.9. The molecule has 0 aliphatic carbocycles. The topological polar surface area (TPSA) is 87.7 Å². The minimum absolute atomic E-state index is 0.190. The van der Waals surface area contributed by atoms with Gasteiger partial charge in [0, 0.05) is 29.6 Å². The lowest BCUT2D eigenvalue weighted by molar-refractivity contribution is 0.0948. The van der Waals surface area contributed by atoms with E-state index >= 15 is 0 Å². The Morgan fingerprint density at radius 1 is 1.29 bits per heavy atom. The number of aromatic nitrogens is 3. The minimum Gasteiger partial charge on any atom is -0.350 e. The Morgan fingerprint density at radius 2 is 2.08 bits per heavy atom. The van der Waals surface area contributed by atoms with Gasteiger partial charge in [-0.2, -0.15) is 0 Å². The first-order chi connectivity index (χ1) is 11.6. The largest absolute Gasteiger partial charge is 0.350 e. The van der Waals surface area contributed by atoms with Crippen LogP contribution in [0.1, 0.15) is 20.4 Å². The van der Waals surface area contributed by atoms with Gasteiger partial charge in [0.05, 0.1) is 16.9 Å². The number of carbonyl (C=O) groups excluding carboxylic acids is 1. The molecule has 6 nitrogen and oxygen atoms in total. The molecular weight excluding hydrogens is 324 g/mol. The van der Waals surface area contributed by atoms with E-state index in [9.17, 15) is 9.59 Å². The average molecular weight is 340 g/mol. The lowest BCUT2D eigenvalue weighted by atomic mass is 10.1. The van der Waals surface area contributed by atoms with E-state index in [0.717, 1.165) is 27.3 Å². The van der Waals surface area contributed by atoms with Crippen molar-refractivity contribution < 1.29 is 4.79 Å². The summed E-state index contributed by atoms with van der Waals surface area (Å²) in [6, 6.07) is 10.0. The maximum absolute atomic E-state index is 11.9. The molecule has 0 atom stereocenters. The van der Waals surface area contributed by atoms with Gasteiger partial charge in [-0.15, -0.1) is 11.3 Å². The predicted molar refractivity (Wildman–Crippen MR) is 93.2 cm³/mol. The summed E-state index contributed by atoms with van der Waals surface area (Å²) in [5, 5.41) is 3.75. The summed E-state index contributed by atoms with van der Waals surface area (Å²) >= 11 is 1.63. The fourth-order valence-electron chi connectivity index (χ4n) is 2.26. The van der Waals surface area contributed by atoms with Gasteiger partial charge in [0.15, 0.2) is 0 Å². The van der Waals surface area contributed by atoms with Crippen LogP contribution >= 0.6 is 11.3 Å². The van der Waals surface area contributed by atoms with Crippen molar-refractivity contribution in [3.8, 4) is 11.3 Å². The molecule has 24 heavy (non-hydrogen) atoms. The summed E-state index contributed by atoms with van der Waals surface area (Å²) < 4.78 is 0. The molecule has 0 bridgehead atoms. The first kappa shape index (κ1) is 16.1. The molecule has 7 heteroatoms. The Hall–Kier alpha value is -2.80. The molecule has 2 N–H and O–H groups in total. The van der Waals surface area contributed by atoms with E-state index in [-0.39, 0.29) is 17.2 Å². The molecule has 2 heterocycles. The van der Waals surface area contributed by atoms with Crippen molar-refractivity contribution in [2.45, 2.75) is 13.3 Å². The van der Waals surface area contributed by atoms with Crippen molar-refractivity contribution in [1.82, 2.24) is 20.3 Å². The fraction of sp³-hybridized carbons (Fsp3) is 0.176. The molecule has 0 spiro atoms. The van der Waals surface area contributed by atoms with E-state index in [0.29, 0.717) is 13.0 Å². The number of thiazole rings is 1. The van der Waals surface area contributed by atoms with Crippen LogP contribution in [-0.4, -0.2) is 27.4 Å². The standard InChI is InChI=1S/C17H16N4O2S/c1-11-16(12-5-3-2-4-6-12)21-15(24-11)7-8-18-17(23)13-9-20-14(22)10-19-13/h2-6,9-10H,7-8H2,1H3,(H,18,23)(H,20,22). The number of nitrogens with one attached hydrogen (secondary N) is 2. The van der Waals surface area contributed by atoms with Gasteiger partial charge in [0.1, 0.15) is 5.69 Å². The maximum Gasteiger partial charge on any atom is 0.271 e. The van der Waals surface area contributed by atoms with Gasteiger partial charge in [-0.05, 0) is 6.92 Å². The second kappa shape index (κ2) is 7.18. The molecule has 0 radical (unpaired) electrons. The summed E-state index contributed by atoms with van der Waals surface area (Å²) in [6.45, 7) is 2.51. The van der Waals surface area contributed by atoms with E-state index in [1.165, 1.54) is 6.20 Å². The molecule has 1 amide bonds. The summed E-state index contributed by atoms with van der Waals surface area (Å²) in [7, 11) is 0. The summed E-state index contributed by atoms with van der Waals surface area (Å²) in [5.41, 5.74) is 1.94. The molecule has 3 rings (SSSR count). The molecule has 3 aromatic rings. The van der Waals surface area contributed by atoms with E-state index in [4.69, 9.17) is 0 Å². The highest BCUT2D eigenvalue weighted by atomic mass is 32.1. The number of hydrogen-bond acceptors (Lipinski definition) is 5. The van der Waals surface area contributed by atoms with Crippen LogP contribution in [0.15, 0.2) is 47.5 Å². The third kappa shape index (κ3) is 3.75. The molecule has 1 aromatic carbocycles.